The van der Waals surface area contributed by atoms with Gasteiger partial charge in [-0.3, -0.25) is 14.6 Å². The quantitative estimate of drug-likeness (QED) is 0.867. The zero-order valence-corrected chi connectivity index (χ0v) is 14.5. The molecule has 0 radical (unpaired) electrons. The van der Waals surface area contributed by atoms with E-state index in [2.05, 4.69) is 14.9 Å². The standard InChI is InChI=1S/C17H26N4O3/c1-12-10-21(11-13(2)24-12)17-18-14(9-15(22)19-17)5-3-7-20-8-4-6-16(20)23/h9,12-13H,3-8,10-11H2,1-2H3,(H,18,19,22)/t12-,13+. The van der Waals surface area contributed by atoms with Gasteiger partial charge in [-0.2, -0.15) is 0 Å². The van der Waals surface area contributed by atoms with Gasteiger partial charge in [-0.15, -0.1) is 0 Å². The number of nitrogens with one attached hydrogen (secondary N) is 1. The molecule has 7 heteroatoms. The molecular weight excluding hydrogens is 308 g/mol. The van der Waals surface area contributed by atoms with Gasteiger partial charge in [-0.25, -0.2) is 4.98 Å². The van der Waals surface area contributed by atoms with Gasteiger partial charge in [0, 0.05) is 44.4 Å². The minimum Gasteiger partial charge on any atom is -0.372 e. The third kappa shape index (κ3) is 4.14. The van der Waals surface area contributed by atoms with Crippen LogP contribution in [-0.4, -0.2) is 59.2 Å². The summed E-state index contributed by atoms with van der Waals surface area (Å²) in [5.74, 6) is 0.864. The smallest absolute Gasteiger partial charge is 0.252 e. The number of carbonyl (C=O) groups is 1. The molecule has 24 heavy (non-hydrogen) atoms. The molecule has 0 bridgehead atoms. The van der Waals surface area contributed by atoms with Crippen LogP contribution in [0, 0.1) is 0 Å². The molecule has 0 aliphatic carbocycles. The number of morpholine rings is 1. The Bertz CT molecular complexity index is 635. The third-order valence-electron chi connectivity index (χ3n) is 4.53. The largest absolute Gasteiger partial charge is 0.372 e. The summed E-state index contributed by atoms with van der Waals surface area (Å²) < 4.78 is 5.73. The van der Waals surface area contributed by atoms with E-state index >= 15 is 0 Å². The number of rotatable bonds is 5. The lowest BCUT2D eigenvalue weighted by Gasteiger charge is -2.35. The van der Waals surface area contributed by atoms with Crippen LogP contribution in [0.25, 0.3) is 0 Å². The first-order valence-electron chi connectivity index (χ1n) is 8.79. The van der Waals surface area contributed by atoms with Gasteiger partial charge in [0.05, 0.1) is 12.2 Å². The van der Waals surface area contributed by atoms with E-state index < -0.39 is 0 Å². The maximum Gasteiger partial charge on any atom is 0.252 e. The Kier molecular flexibility index (Phi) is 5.18. The number of aromatic nitrogens is 2. The summed E-state index contributed by atoms with van der Waals surface area (Å²) in [5.41, 5.74) is 0.659. The third-order valence-corrected chi connectivity index (χ3v) is 4.53. The predicted molar refractivity (Wildman–Crippen MR) is 91.2 cm³/mol. The van der Waals surface area contributed by atoms with Gasteiger partial charge in [0.1, 0.15) is 0 Å². The van der Waals surface area contributed by atoms with E-state index in [9.17, 15) is 9.59 Å². The van der Waals surface area contributed by atoms with Crippen LogP contribution < -0.4 is 10.5 Å². The van der Waals surface area contributed by atoms with Crippen molar-refractivity contribution in [3.8, 4) is 0 Å². The molecule has 3 rings (SSSR count). The molecule has 2 aliphatic heterocycles. The van der Waals surface area contributed by atoms with Crippen LogP contribution in [0.1, 0.15) is 38.8 Å². The van der Waals surface area contributed by atoms with Crippen LogP contribution in [0.4, 0.5) is 5.95 Å². The molecule has 2 aliphatic rings. The molecule has 2 fully saturated rings. The van der Waals surface area contributed by atoms with E-state index in [1.807, 2.05) is 18.7 Å². The van der Waals surface area contributed by atoms with Crippen molar-refractivity contribution in [1.29, 1.82) is 0 Å². The number of H-pyrrole nitrogens is 1. The first-order chi connectivity index (χ1) is 11.5. The molecule has 0 unspecified atom stereocenters. The molecule has 1 aromatic heterocycles. The van der Waals surface area contributed by atoms with Crippen molar-refractivity contribution < 1.29 is 9.53 Å². The van der Waals surface area contributed by atoms with E-state index in [-0.39, 0.29) is 23.7 Å². The van der Waals surface area contributed by atoms with E-state index in [4.69, 9.17) is 4.74 Å². The molecule has 132 valence electrons. The number of hydrogen-bond donors (Lipinski definition) is 1. The lowest BCUT2D eigenvalue weighted by atomic mass is 10.2. The molecule has 2 saturated heterocycles. The van der Waals surface area contributed by atoms with Crippen molar-refractivity contribution in [1.82, 2.24) is 14.9 Å². The molecule has 1 N–H and O–H groups in total. The summed E-state index contributed by atoms with van der Waals surface area (Å²) in [6.07, 6.45) is 3.39. The van der Waals surface area contributed by atoms with Crippen LogP contribution in [0.3, 0.4) is 0 Å². The average Bonchev–Trinajstić information content (AvgIpc) is 2.91. The van der Waals surface area contributed by atoms with Crippen molar-refractivity contribution in [3.63, 3.8) is 0 Å². The second-order valence-corrected chi connectivity index (χ2v) is 6.81. The van der Waals surface area contributed by atoms with Crippen molar-refractivity contribution >= 4 is 11.9 Å². The predicted octanol–water partition coefficient (Wildman–Crippen LogP) is 0.939. The fourth-order valence-corrected chi connectivity index (χ4v) is 3.51. The van der Waals surface area contributed by atoms with Crippen LogP contribution in [0.2, 0.25) is 0 Å². The number of aromatic amines is 1. The van der Waals surface area contributed by atoms with Crippen molar-refractivity contribution in [3.05, 3.63) is 22.1 Å². The zero-order chi connectivity index (χ0) is 17.1. The van der Waals surface area contributed by atoms with Gasteiger partial charge in [-0.1, -0.05) is 0 Å². The fourth-order valence-electron chi connectivity index (χ4n) is 3.51. The molecule has 0 spiro atoms. The number of hydrogen-bond acceptors (Lipinski definition) is 5. The Balaban J connectivity index is 1.63. The number of anilines is 1. The van der Waals surface area contributed by atoms with E-state index in [0.29, 0.717) is 18.8 Å². The average molecular weight is 334 g/mol. The Morgan fingerprint density at radius 2 is 2.04 bits per heavy atom. The highest BCUT2D eigenvalue weighted by atomic mass is 16.5. The van der Waals surface area contributed by atoms with Crippen LogP contribution in [0.5, 0.6) is 0 Å². The highest BCUT2D eigenvalue weighted by Crippen LogP contribution is 2.16. The molecule has 0 saturated carbocycles. The first-order valence-corrected chi connectivity index (χ1v) is 8.79. The van der Waals surface area contributed by atoms with Crippen molar-refractivity contribution in [2.75, 3.05) is 31.1 Å². The van der Waals surface area contributed by atoms with Gasteiger partial charge >= 0.3 is 0 Å². The molecule has 1 aromatic rings. The molecular formula is C17H26N4O3. The Hall–Kier alpha value is -1.89. The number of likely N-dealkylation sites (tertiary alicyclic amines) is 1. The number of carbonyl (C=O) groups excluding carboxylic acids is 1. The van der Waals surface area contributed by atoms with E-state index in [0.717, 1.165) is 44.7 Å². The minimum absolute atomic E-state index is 0.115. The Labute approximate surface area is 142 Å². The summed E-state index contributed by atoms with van der Waals surface area (Å²) in [7, 11) is 0. The Morgan fingerprint density at radius 1 is 1.29 bits per heavy atom. The van der Waals surface area contributed by atoms with Gasteiger partial charge in [0.2, 0.25) is 11.9 Å². The minimum atomic E-state index is -0.126. The van der Waals surface area contributed by atoms with Gasteiger partial charge in [-0.05, 0) is 33.1 Å². The van der Waals surface area contributed by atoms with Crippen molar-refractivity contribution in [2.45, 2.75) is 51.7 Å². The Morgan fingerprint density at radius 3 is 2.71 bits per heavy atom. The highest BCUT2D eigenvalue weighted by molar-refractivity contribution is 5.77. The van der Waals surface area contributed by atoms with E-state index in [1.54, 1.807) is 6.07 Å². The van der Waals surface area contributed by atoms with Gasteiger partial charge in [0.25, 0.3) is 5.56 Å². The number of aryl methyl sites for hydroxylation is 1. The number of amides is 1. The van der Waals surface area contributed by atoms with Crippen LogP contribution >= 0.6 is 0 Å². The summed E-state index contributed by atoms with van der Waals surface area (Å²) in [6, 6.07) is 1.56. The molecule has 3 heterocycles. The normalized spacial score (nSPS) is 24.7. The molecule has 2 atom stereocenters. The highest BCUT2D eigenvalue weighted by Gasteiger charge is 2.24. The first kappa shape index (κ1) is 17.0. The lowest BCUT2D eigenvalue weighted by Crippen LogP contribution is -2.46. The second kappa shape index (κ2) is 7.34. The number of nitrogens with zero attached hydrogens (tertiary/aromatic N) is 3. The lowest BCUT2D eigenvalue weighted by molar-refractivity contribution is -0.127. The fraction of sp³-hybridized carbons (Fsp3) is 0.706. The summed E-state index contributed by atoms with van der Waals surface area (Å²) >= 11 is 0. The van der Waals surface area contributed by atoms with Gasteiger partial charge < -0.3 is 14.5 Å². The monoisotopic (exact) mass is 334 g/mol. The van der Waals surface area contributed by atoms with Crippen LogP contribution in [0.15, 0.2) is 10.9 Å². The SMILES string of the molecule is C[C@@H]1CN(c2nc(CCCN3CCCC3=O)cc(=O)[nH]2)C[C@H](C)O1. The summed E-state index contributed by atoms with van der Waals surface area (Å²) in [4.78, 5) is 35.0. The summed E-state index contributed by atoms with van der Waals surface area (Å²) in [5, 5.41) is 0. The maximum absolute atomic E-state index is 12.0. The molecule has 0 aromatic carbocycles. The van der Waals surface area contributed by atoms with Gasteiger partial charge in [0.15, 0.2) is 0 Å². The van der Waals surface area contributed by atoms with Crippen LogP contribution in [-0.2, 0) is 16.0 Å². The second-order valence-electron chi connectivity index (χ2n) is 6.81. The van der Waals surface area contributed by atoms with Crippen molar-refractivity contribution in [2.24, 2.45) is 0 Å². The zero-order valence-electron chi connectivity index (χ0n) is 14.5. The number of ether oxygens (including phenoxy) is 1. The van der Waals surface area contributed by atoms with E-state index in [1.165, 1.54) is 0 Å². The summed E-state index contributed by atoms with van der Waals surface area (Å²) in [6.45, 7) is 7.10. The topological polar surface area (TPSA) is 78.5 Å². The molecule has 7 nitrogen and oxygen atoms in total. The maximum atomic E-state index is 12.0. The molecule has 1 amide bonds.